The summed E-state index contributed by atoms with van der Waals surface area (Å²) in [4.78, 5) is 58.4. The summed E-state index contributed by atoms with van der Waals surface area (Å²) in [6.07, 6.45) is 6.06. The Labute approximate surface area is 325 Å². The molecule has 0 aliphatic carbocycles. The van der Waals surface area contributed by atoms with Crippen LogP contribution in [0.15, 0.2) is 109 Å². The number of rotatable bonds is 14. The van der Waals surface area contributed by atoms with Crippen LogP contribution in [0.3, 0.4) is 0 Å². The van der Waals surface area contributed by atoms with Crippen molar-refractivity contribution in [3.63, 3.8) is 0 Å². The first-order valence-electron chi connectivity index (χ1n) is 18.5. The molecule has 6 aromatic rings. The number of carbonyl (C=O) groups excluding carboxylic acids is 4. The Hall–Kier alpha value is -6.82. The lowest BCUT2D eigenvalue weighted by atomic mass is 10.0. The zero-order valence-electron chi connectivity index (χ0n) is 31.9. The molecule has 6 rings (SSSR count). The average molecular weight is 756 g/mol. The predicted molar refractivity (Wildman–Crippen MR) is 218 cm³/mol. The number of nitrogens with one attached hydrogen (secondary N) is 3. The Morgan fingerprint density at radius 3 is 1.52 bits per heavy atom. The van der Waals surface area contributed by atoms with E-state index >= 15 is 0 Å². The standard InChI is InChI=1S/C24H27N3O3.C20H18N2O4/c1-3-5-8-15-26-24(29)22-20(12-9-16-25-22)27-23(28)19-13-14-21(30-4-2)18-11-7-6-10-17(18)19;1-3-26-17-11-10-15(13-7-4-5-8-14(13)17)19(23)22-16-9-6-12-21-18(16)20(24)25-2/h6-7,9-14,16H,3-5,8,15H2,1-2H3,(H,26,29)(H,27,28);4-12H,3H2,1-2H3,(H,22,23). The minimum absolute atomic E-state index is 0.0543. The molecular formula is C44H45N5O7. The lowest BCUT2D eigenvalue weighted by Crippen LogP contribution is -2.27. The Bertz CT molecular complexity index is 2330. The molecule has 0 radical (unpaired) electrons. The molecule has 0 saturated carbocycles. The van der Waals surface area contributed by atoms with Crippen molar-refractivity contribution in [3.05, 3.63) is 132 Å². The number of amides is 3. The fourth-order valence-corrected chi connectivity index (χ4v) is 5.99. The van der Waals surface area contributed by atoms with E-state index in [1.54, 1.807) is 54.7 Å². The van der Waals surface area contributed by atoms with Gasteiger partial charge in [0.2, 0.25) is 0 Å². The molecule has 4 aromatic carbocycles. The van der Waals surface area contributed by atoms with Crippen LogP contribution in [-0.4, -0.2) is 60.5 Å². The van der Waals surface area contributed by atoms with Gasteiger partial charge in [-0.3, -0.25) is 14.4 Å². The van der Waals surface area contributed by atoms with E-state index in [1.807, 2.05) is 62.4 Å². The number of carbonyl (C=O) groups is 4. The van der Waals surface area contributed by atoms with Crippen LogP contribution in [0.4, 0.5) is 11.4 Å². The van der Waals surface area contributed by atoms with Crippen LogP contribution in [0.5, 0.6) is 11.5 Å². The number of methoxy groups -OCH3 is 1. The van der Waals surface area contributed by atoms with Crippen molar-refractivity contribution in [2.24, 2.45) is 0 Å². The molecule has 2 heterocycles. The summed E-state index contributed by atoms with van der Waals surface area (Å²) < 4.78 is 16.0. The molecule has 3 amide bonds. The molecule has 0 spiro atoms. The Morgan fingerprint density at radius 1 is 0.554 bits per heavy atom. The van der Waals surface area contributed by atoms with Crippen molar-refractivity contribution >= 4 is 56.6 Å². The van der Waals surface area contributed by atoms with Gasteiger partial charge in [0.25, 0.3) is 17.7 Å². The number of anilines is 2. The van der Waals surface area contributed by atoms with Crippen LogP contribution in [0.25, 0.3) is 21.5 Å². The van der Waals surface area contributed by atoms with E-state index in [2.05, 4.69) is 32.8 Å². The summed E-state index contributed by atoms with van der Waals surface area (Å²) >= 11 is 0. The molecule has 0 aliphatic heterocycles. The normalized spacial score (nSPS) is 10.5. The molecule has 0 saturated heterocycles. The smallest absolute Gasteiger partial charge is 0.358 e. The zero-order valence-corrected chi connectivity index (χ0v) is 31.9. The summed E-state index contributed by atoms with van der Waals surface area (Å²) in [5.41, 5.74) is 1.92. The van der Waals surface area contributed by atoms with Crippen molar-refractivity contribution in [2.45, 2.75) is 40.0 Å². The van der Waals surface area contributed by atoms with Crippen molar-refractivity contribution < 1.29 is 33.4 Å². The van der Waals surface area contributed by atoms with E-state index in [9.17, 15) is 19.2 Å². The highest BCUT2D eigenvalue weighted by atomic mass is 16.5. The number of unbranched alkanes of at least 4 members (excludes halogenated alkanes) is 2. The third-order valence-corrected chi connectivity index (χ3v) is 8.63. The average Bonchev–Trinajstić information content (AvgIpc) is 3.23. The van der Waals surface area contributed by atoms with Gasteiger partial charge in [0, 0.05) is 40.8 Å². The van der Waals surface area contributed by atoms with Gasteiger partial charge in [-0.15, -0.1) is 0 Å². The van der Waals surface area contributed by atoms with E-state index in [0.717, 1.165) is 52.3 Å². The van der Waals surface area contributed by atoms with Crippen LogP contribution in [0.2, 0.25) is 0 Å². The van der Waals surface area contributed by atoms with Gasteiger partial charge in [0.15, 0.2) is 11.4 Å². The summed E-state index contributed by atoms with van der Waals surface area (Å²) in [7, 11) is 1.27. The van der Waals surface area contributed by atoms with E-state index in [0.29, 0.717) is 42.3 Å². The van der Waals surface area contributed by atoms with Crippen LogP contribution in [-0.2, 0) is 4.74 Å². The fourth-order valence-electron chi connectivity index (χ4n) is 5.99. The maximum atomic E-state index is 13.1. The number of esters is 1. The van der Waals surface area contributed by atoms with Crippen molar-refractivity contribution in [1.29, 1.82) is 0 Å². The number of fused-ring (bicyclic) bond motifs is 2. The molecule has 12 heteroatoms. The second-order valence-electron chi connectivity index (χ2n) is 12.3. The van der Waals surface area contributed by atoms with Gasteiger partial charge >= 0.3 is 5.97 Å². The van der Waals surface area contributed by atoms with Gasteiger partial charge in [-0.2, -0.15) is 0 Å². The summed E-state index contributed by atoms with van der Waals surface area (Å²) in [6.45, 7) is 7.60. The first kappa shape index (κ1) is 40.4. The van der Waals surface area contributed by atoms with Gasteiger partial charge in [-0.25, -0.2) is 14.8 Å². The maximum Gasteiger partial charge on any atom is 0.358 e. The van der Waals surface area contributed by atoms with Crippen molar-refractivity contribution in [3.8, 4) is 11.5 Å². The molecule has 0 unspecified atom stereocenters. The molecule has 288 valence electrons. The summed E-state index contributed by atoms with van der Waals surface area (Å²) in [5, 5.41) is 11.7. The molecule has 3 N–H and O–H groups in total. The highest BCUT2D eigenvalue weighted by Gasteiger charge is 2.20. The second kappa shape index (κ2) is 20.0. The minimum atomic E-state index is -0.613. The van der Waals surface area contributed by atoms with Crippen molar-refractivity contribution in [2.75, 3.05) is 37.5 Å². The molecule has 56 heavy (non-hydrogen) atoms. The zero-order chi connectivity index (χ0) is 39.9. The first-order valence-corrected chi connectivity index (χ1v) is 18.5. The van der Waals surface area contributed by atoms with Gasteiger partial charge in [-0.05, 0) is 79.6 Å². The largest absolute Gasteiger partial charge is 0.493 e. The molecule has 12 nitrogen and oxygen atoms in total. The molecule has 2 aromatic heterocycles. The lowest BCUT2D eigenvalue weighted by molar-refractivity contribution is 0.0595. The fraction of sp³-hybridized carbons (Fsp3) is 0.227. The number of hydrogen-bond acceptors (Lipinski definition) is 9. The van der Waals surface area contributed by atoms with Gasteiger partial charge in [-0.1, -0.05) is 68.3 Å². The van der Waals surface area contributed by atoms with E-state index in [-0.39, 0.29) is 29.1 Å². The van der Waals surface area contributed by atoms with E-state index in [4.69, 9.17) is 14.2 Å². The minimum Gasteiger partial charge on any atom is -0.493 e. The second-order valence-corrected chi connectivity index (χ2v) is 12.3. The van der Waals surface area contributed by atoms with Crippen LogP contribution >= 0.6 is 0 Å². The Kier molecular flexibility index (Phi) is 14.4. The van der Waals surface area contributed by atoms with E-state index in [1.165, 1.54) is 13.3 Å². The molecule has 0 atom stereocenters. The lowest BCUT2D eigenvalue weighted by Gasteiger charge is -2.13. The third kappa shape index (κ3) is 9.83. The maximum absolute atomic E-state index is 13.1. The quantitative estimate of drug-likeness (QED) is 0.0733. The number of hydrogen-bond donors (Lipinski definition) is 3. The highest BCUT2D eigenvalue weighted by molar-refractivity contribution is 6.16. The first-order chi connectivity index (χ1) is 27.3. The predicted octanol–water partition coefficient (Wildman–Crippen LogP) is 8.48. The molecule has 0 aliphatic rings. The number of benzene rings is 4. The number of pyridine rings is 2. The van der Waals surface area contributed by atoms with Gasteiger partial charge < -0.3 is 30.2 Å². The SMILES string of the molecule is CCCCCNC(=O)c1ncccc1NC(=O)c1ccc(OCC)c2ccccc12.CCOc1ccc(C(=O)Nc2cccnc2C(=O)OC)c2ccccc12. The summed E-state index contributed by atoms with van der Waals surface area (Å²) in [5.74, 6) is -0.102. The van der Waals surface area contributed by atoms with Gasteiger partial charge in [0.05, 0.1) is 31.7 Å². The number of nitrogens with zero attached hydrogens (tertiary/aromatic N) is 2. The van der Waals surface area contributed by atoms with Gasteiger partial charge in [0.1, 0.15) is 11.5 Å². The van der Waals surface area contributed by atoms with Crippen LogP contribution in [0, 0.1) is 0 Å². The highest BCUT2D eigenvalue weighted by Crippen LogP contribution is 2.31. The topological polar surface area (TPSA) is 158 Å². The van der Waals surface area contributed by atoms with Crippen LogP contribution < -0.4 is 25.4 Å². The molecular weight excluding hydrogens is 711 g/mol. The number of ether oxygens (including phenoxy) is 3. The Morgan fingerprint density at radius 2 is 1.04 bits per heavy atom. The third-order valence-electron chi connectivity index (χ3n) is 8.63. The number of aromatic nitrogens is 2. The molecule has 0 bridgehead atoms. The van der Waals surface area contributed by atoms with E-state index < -0.39 is 5.97 Å². The molecule has 0 fully saturated rings. The monoisotopic (exact) mass is 755 g/mol. The van der Waals surface area contributed by atoms with Crippen molar-refractivity contribution in [1.82, 2.24) is 15.3 Å². The van der Waals surface area contributed by atoms with Crippen LogP contribution in [0.1, 0.15) is 81.7 Å². The summed E-state index contributed by atoms with van der Waals surface area (Å²) in [6, 6.07) is 28.8. The Balaban J connectivity index is 0.000000216.